The molecule has 2 amide bonds. The normalized spacial score (nSPS) is 23.6. The van der Waals surface area contributed by atoms with Crippen LogP contribution in [0.5, 0.6) is 0 Å². The molecule has 11 nitrogen and oxygen atoms in total. The second-order valence-electron chi connectivity index (χ2n) is 12.2. The molecule has 3 aromatic rings. The fourth-order valence-corrected chi connectivity index (χ4v) is 6.88. The van der Waals surface area contributed by atoms with Crippen molar-refractivity contribution in [3.05, 3.63) is 46.1 Å². The summed E-state index contributed by atoms with van der Waals surface area (Å²) in [6.45, 7) is 5.42. The number of aromatic nitrogens is 4. The Hall–Kier alpha value is -4.02. The van der Waals surface area contributed by atoms with Crippen LogP contribution in [-0.2, 0) is 16.6 Å². The minimum Gasteiger partial charge on any atom is -0.396 e. The molecule has 3 N–H and O–H groups in total. The molecule has 0 radical (unpaired) electrons. The number of aryl methyl sites for hydroxylation is 1. The first-order valence-electron chi connectivity index (χ1n) is 15.3. The van der Waals surface area contributed by atoms with E-state index in [0.29, 0.717) is 23.5 Å². The summed E-state index contributed by atoms with van der Waals surface area (Å²) < 4.78 is 30.8. The summed E-state index contributed by atoms with van der Waals surface area (Å²) in [6, 6.07) is 4.94. The SMILES string of the molecule is Cn1c(=O)n(C2CCC(=O)NC2=O)c2cccc(C#CCN3CCN(C[C@H]4CC[C@H](n5cc(N)c(C(F)F)n5)CC4)CC3)c21. The number of hydrogen-bond donors (Lipinski definition) is 2. The van der Waals surface area contributed by atoms with Gasteiger partial charge in [-0.05, 0) is 50.2 Å². The van der Waals surface area contributed by atoms with Crippen LogP contribution >= 0.6 is 0 Å². The van der Waals surface area contributed by atoms with E-state index in [1.807, 2.05) is 18.2 Å². The molecule has 13 heteroatoms. The molecule has 3 fully saturated rings. The first-order chi connectivity index (χ1) is 21.2. The van der Waals surface area contributed by atoms with E-state index in [0.717, 1.165) is 64.0 Å². The van der Waals surface area contributed by atoms with Gasteiger partial charge in [-0.3, -0.25) is 33.6 Å². The maximum atomic E-state index is 13.1. The molecular formula is C31H38F2N8O3. The van der Waals surface area contributed by atoms with Gasteiger partial charge in [-0.2, -0.15) is 5.10 Å². The summed E-state index contributed by atoms with van der Waals surface area (Å²) in [5, 5.41) is 6.39. The summed E-state index contributed by atoms with van der Waals surface area (Å²) in [7, 11) is 1.68. The average molecular weight is 609 g/mol. The lowest BCUT2D eigenvalue weighted by Gasteiger charge is -2.37. The lowest BCUT2D eigenvalue weighted by atomic mass is 9.85. The number of alkyl halides is 2. The van der Waals surface area contributed by atoms with Gasteiger partial charge < -0.3 is 10.6 Å². The molecule has 2 saturated heterocycles. The summed E-state index contributed by atoms with van der Waals surface area (Å²) in [5.74, 6) is 6.35. The Morgan fingerprint density at radius 3 is 2.45 bits per heavy atom. The van der Waals surface area contributed by atoms with Crippen molar-refractivity contribution in [2.24, 2.45) is 13.0 Å². The van der Waals surface area contributed by atoms with Crippen LogP contribution in [-0.4, -0.2) is 79.8 Å². The zero-order chi connectivity index (χ0) is 31.0. The third-order valence-electron chi connectivity index (χ3n) is 9.32. The van der Waals surface area contributed by atoms with Crippen molar-refractivity contribution in [3.63, 3.8) is 0 Å². The van der Waals surface area contributed by atoms with Crippen LogP contribution < -0.4 is 16.7 Å². The van der Waals surface area contributed by atoms with Gasteiger partial charge in [0.25, 0.3) is 6.43 Å². The number of nitrogens with zero attached hydrogens (tertiary/aromatic N) is 6. The van der Waals surface area contributed by atoms with Crippen LogP contribution in [0.4, 0.5) is 14.5 Å². The second kappa shape index (κ2) is 12.5. The molecule has 44 heavy (non-hydrogen) atoms. The minimum absolute atomic E-state index is 0.0659. The highest BCUT2D eigenvalue weighted by Gasteiger charge is 2.32. The van der Waals surface area contributed by atoms with Gasteiger partial charge in [-0.15, -0.1) is 0 Å². The zero-order valence-corrected chi connectivity index (χ0v) is 24.8. The number of carbonyl (C=O) groups is 2. The molecule has 4 heterocycles. The lowest BCUT2D eigenvalue weighted by Crippen LogP contribution is -2.48. The Morgan fingerprint density at radius 2 is 1.77 bits per heavy atom. The third-order valence-corrected chi connectivity index (χ3v) is 9.32. The maximum Gasteiger partial charge on any atom is 0.329 e. The number of fused-ring (bicyclic) bond motifs is 1. The third kappa shape index (κ3) is 6.01. The summed E-state index contributed by atoms with van der Waals surface area (Å²) >= 11 is 0. The van der Waals surface area contributed by atoms with Crippen molar-refractivity contribution in [1.82, 2.24) is 34.0 Å². The Labute approximate surface area is 253 Å². The van der Waals surface area contributed by atoms with E-state index in [2.05, 4.69) is 32.1 Å². The first kappa shape index (κ1) is 30.0. The number of benzene rings is 1. The average Bonchev–Trinajstić information content (AvgIpc) is 3.52. The van der Waals surface area contributed by atoms with Crippen molar-refractivity contribution in [2.75, 3.05) is 45.0 Å². The largest absolute Gasteiger partial charge is 0.396 e. The smallest absolute Gasteiger partial charge is 0.329 e. The number of nitrogen functional groups attached to an aromatic ring is 1. The van der Waals surface area contributed by atoms with Gasteiger partial charge in [-0.1, -0.05) is 17.9 Å². The highest BCUT2D eigenvalue weighted by molar-refractivity contribution is 6.00. The van der Waals surface area contributed by atoms with E-state index >= 15 is 0 Å². The molecule has 1 saturated carbocycles. The van der Waals surface area contributed by atoms with Crippen LogP contribution in [0.1, 0.15) is 68.3 Å². The van der Waals surface area contributed by atoms with E-state index in [1.54, 1.807) is 17.9 Å². The topological polar surface area (TPSA) is 123 Å². The van der Waals surface area contributed by atoms with Crippen molar-refractivity contribution in [2.45, 2.75) is 57.0 Å². The van der Waals surface area contributed by atoms with Gasteiger partial charge >= 0.3 is 5.69 Å². The van der Waals surface area contributed by atoms with E-state index < -0.39 is 18.4 Å². The summed E-state index contributed by atoms with van der Waals surface area (Å²) in [5.41, 5.74) is 7.21. The van der Waals surface area contributed by atoms with Crippen LogP contribution in [0.2, 0.25) is 0 Å². The molecule has 3 aliphatic rings. The highest BCUT2D eigenvalue weighted by atomic mass is 19.3. The predicted molar refractivity (Wildman–Crippen MR) is 161 cm³/mol. The van der Waals surface area contributed by atoms with Gasteiger partial charge in [0.1, 0.15) is 6.04 Å². The van der Waals surface area contributed by atoms with Crippen molar-refractivity contribution in [3.8, 4) is 11.8 Å². The van der Waals surface area contributed by atoms with Crippen molar-refractivity contribution >= 4 is 28.5 Å². The van der Waals surface area contributed by atoms with Gasteiger partial charge in [0, 0.05) is 52.4 Å². The summed E-state index contributed by atoms with van der Waals surface area (Å²) in [6.07, 6.45) is 3.30. The van der Waals surface area contributed by atoms with E-state index in [1.165, 1.54) is 9.13 Å². The molecule has 0 spiro atoms. The van der Waals surface area contributed by atoms with Crippen LogP contribution in [0.3, 0.4) is 0 Å². The number of imidazole rings is 1. The Bertz CT molecular complexity index is 1670. The number of anilines is 1. The number of rotatable bonds is 6. The molecule has 2 aliphatic heterocycles. The Kier molecular flexibility index (Phi) is 8.55. The standard InChI is InChI=1S/C31H38F2N8O3/c1-37-28-21(4-2-6-24(28)41(31(37)44)25-11-12-26(42)35-30(25)43)5-3-13-38-14-16-39(17-15-38)18-20-7-9-22(10-8-20)40-19-23(34)27(36-40)29(32)33/h2,4,6,19-20,22,25,29H,7-18,34H2,1H3,(H,35,42,43)/t20-,22-,25?. The number of piperazine rings is 1. The molecule has 1 aliphatic carbocycles. The molecule has 1 unspecified atom stereocenters. The molecule has 6 rings (SSSR count). The van der Waals surface area contributed by atoms with Gasteiger partial charge in [0.15, 0.2) is 5.69 Å². The molecule has 1 atom stereocenters. The molecule has 234 valence electrons. The van der Waals surface area contributed by atoms with Crippen LogP contribution in [0.15, 0.2) is 29.2 Å². The van der Waals surface area contributed by atoms with E-state index in [4.69, 9.17) is 5.73 Å². The quantitative estimate of drug-likeness (QED) is 0.326. The van der Waals surface area contributed by atoms with Crippen LogP contribution in [0, 0.1) is 17.8 Å². The minimum atomic E-state index is -2.65. The number of piperidine rings is 1. The maximum absolute atomic E-state index is 13.1. The number of imide groups is 1. The Morgan fingerprint density at radius 1 is 1.05 bits per heavy atom. The predicted octanol–water partition coefficient (Wildman–Crippen LogP) is 2.43. The Balaban J connectivity index is 1.01. The fourth-order valence-electron chi connectivity index (χ4n) is 6.88. The van der Waals surface area contributed by atoms with Gasteiger partial charge in [0.05, 0.1) is 34.9 Å². The van der Waals surface area contributed by atoms with Crippen molar-refractivity contribution < 1.29 is 18.4 Å². The number of amides is 2. The van der Waals surface area contributed by atoms with Crippen LogP contribution in [0.25, 0.3) is 11.0 Å². The van der Waals surface area contributed by atoms with E-state index in [9.17, 15) is 23.2 Å². The zero-order valence-electron chi connectivity index (χ0n) is 24.8. The second-order valence-corrected chi connectivity index (χ2v) is 12.2. The number of para-hydroxylation sites is 1. The first-order valence-corrected chi connectivity index (χ1v) is 15.3. The highest BCUT2D eigenvalue weighted by Crippen LogP contribution is 2.34. The number of halogens is 2. The number of nitrogens with two attached hydrogens (primary N) is 1. The monoisotopic (exact) mass is 608 g/mol. The number of nitrogens with one attached hydrogen (secondary N) is 1. The van der Waals surface area contributed by atoms with Gasteiger partial charge in [-0.25, -0.2) is 13.6 Å². The number of hydrogen-bond acceptors (Lipinski definition) is 7. The molecular weight excluding hydrogens is 570 g/mol. The van der Waals surface area contributed by atoms with E-state index in [-0.39, 0.29) is 41.9 Å². The fraction of sp³-hybridized carbons (Fsp3) is 0.548. The molecule has 2 aromatic heterocycles. The summed E-state index contributed by atoms with van der Waals surface area (Å²) in [4.78, 5) is 42.1. The molecule has 1 aromatic carbocycles. The lowest BCUT2D eigenvalue weighted by molar-refractivity contribution is -0.135. The van der Waals surface area contributed by atoms with Gasteiger partial charge in [0.2, 0.25) is 11.8 Å². The molecule has 0 bridgehead atoms. The number of carbonyl (C=O) groups excluding carboxylic acids is 2. The van der Waals surface area contributed by atoms with Crippen molar-refractivity contribution in [1.29, 1.82) is 0 Å².